The topological polar surface area (TPSA) is 189 Å². The molecule has 22 heavy (non-hydrogen) atoms. The highest BCUT2D eigenvalue weighted by Crippen LogP contribution is 2.66. The summed E-state index contributed by atoms with van der Waals surface area (Å²) in [5.41, 5.74) is 0. The summed E-state index contributed by atoms with van der Waals surface area (Å²) in [7, 11) is -16.1. The van der Waals surface area contributed by atoms with Gasteiger partial charge >= 0.3 is 23.5 Å². The van der Waals surface area contributed by atoms with Gasteiger partial charge in [0.2, 0.25) is 0 Å². The quantitative estimate of drug-likeness (QED) is 0.358. The lowest BCUT2D eigenvalue weighted by atomic mass is 10.1. The van der Waals surface area contributed by atoms with Crippen molar-refractivity contribution in [2.24, 2.45) is 0 Å². The summed E-state index contributed by atoms with van der Waals surface area (Å²) < 4.78 is 49.7. The minimum atomic E-state index is -5.53. The van der Waals surface area contributed by atoms with Crippen molar-refractivity contribution >= 4 is 23.5 Å². The van der Waals surface area contributed by atoms with E-state index < -0.39 is 42.3 Å². The monoisotopic (exact) mass is 386 g/mol. The molecule has 5 atom stereocenters. The van der Waals surface area contributed by atoms with Gasteiger partial charge in [-0.2, -0.15) is 8.62 Å². The van der Waals surface area contributed by atoms with Crippen molar-refractivity contribution < 1.29 is 56.3 Å². The highest BCUT2D eigenvalue weighted by Gasteiger charge is 2.42. The number of ether oxygens (including phenoxy) is 1. The van der Waals surface area contributed by atoms with Crippen LogP contribution >= 0.6 is 23.5 Å². The van der Waals surface area contributed by atoms with Crippen LogP contribution in [0.2, 0.25) is 0 Å². The standard InChI is InChI=1S/C7H17O12P3/c1-2-5-3-6(8)7(17-5)4-16-21(12,13)19-22(14,15)18-20(9,10)11/h5-8H,2-4H2,1H3,(H,12,13)(H,14,15)(H2,9,10,11)/t5-,6?,7+/m0/s1. The summed E-state index contributed by atoms with van der Waals surface area (Å²) in [4.78, 5) is 34.9. The van der Waals surface area contributed by atoms with Crippen LogP contribution in [0, 0.1) is 0 Å². The second-order valence-electron chi connectivity index (χ2n) is 4.39. The maximum Gasteiger partial charge on any atom is 0.490 e. The molecule has 0 bridgehead atoms. The molecule has 5 N–H and O–H groups in total. The molecule has 12 nitrogen and oxygen atoms in total. The predicted octanol–water partition coefficient (Wildman–Crippen LogP) is 0.258. The van der Waals surface area contributed by atoms with E-state index in [-0.39, 0.29) is 6.10 Å². The first-order chi connectivity index (χ1) is 9.84. The molecule has 0 saturated carbocycles. The van der Waals surface area contributed by atoms with Gasteiger partial charge in [0, 0.05) is 6.42 Å². The van der Waals surface area contributed by atoms with Crippen molar-refractivity contribution in [3.05, 3.63) is 0 Å². The van der Waals surface area contributed by atoms with Gasteiger partial charge in [0.05, 0.1) is 18.8 Å². The molecule has 0 aromatic heterocycles. The van der Waals surface area contributed by atoms with Crippen molar-refractivity contribution in [3.63, 3.8) is 0 Å². The Hall–Kier alpha value is 0.330. The Kier molecular flexibility index (Phi) is 6.93. The van der Waals surface area contributed by atoms with Crippen LogP contribution in [-0.2, 0) is 31.6 Å². The predicted molar refractivity (Wildman–Crippen MR) is 69.4 cm³/mol. The second kappa shape index (κ2) is 7.48. The molecule has 3 unspecified atom stereocenters. The molecule has 0 spiro atoms. The van der Waals surface area contributed by atoms with Gasteiger partial charge in [0.1, 0.15) is 6.10 Å². The average Bonchev–Trinajstić information content (AvgIpc) is 2.62. The van der Waals surface area contributed by atoms with E-state index >= 15 is 0 Å². The van der Waals surface area contributed by atoms with E-state index in [2.05, 4.69) is 13.1 Å². The lowest BCUT2D eigenvalue weighted by Crippen LogP contribution is -2.26. The molecule has 0 radical (unpaired) electrons. The lowest BCUT2D eigenvalue weighted by Gasteiger charge is -2.19. The maximum absolute atomic E-state index is 11.4. The first kappa shape index (κ1) is 20.4. The van der Waals surface area contributed by atoms with Crippen LogP contribution in [0.25, 0.3) is 0 Å². The zero-order valence-corrected chi connectivity index (χ0v) is 14.0. The molecule has 1 aliphatic rings. The Bertz CT molecular complexity index is 515. The molecule has 1 fully saturated rings. The Balaban J connectivity index is 2.56. The van der Waals surface area contributed by atoms with Gasteiger partial charge in [-0.05, 0) is 6.42 Å². The van der Waals surface area contributed by atoms with Gasteiger partial charge in [-0.3, -0.25) is 4.52 Å². The third-order valence-electron chi connectivity index (χ3n) is 2.57. The van der Waals surface area contributed by atoms with E-state index in [9.17, 15) is 23.7 Å². The molecule has 0 amide bonds. The fourth-order valence-electron chi connectivity index (χ4n) is 1.70. The highest BCUT2D eigenvalue weighted by molar-refractivity contribution is 7.66. The Morgan fingerprint density at radius 1 is 1.09 bits per heavy atom. The minimum absolute atomic E-state index is 0.260. The van der Waals surface area contributed by atoms with Crippen LogP contribution in [0.1, 0.15) is 19.8 Å². The summed E-state index contributed by atoms with van der Waals surface area (Å²) in [6, 6.07) is 0. The lowest BCUT2D eigenvalue weighted by molar-refractivity contribution is -0.0219. The summed E-state index contributed by atoms with van der Waals surface area (Å²) in [5, 5.41) is 9.62. The van der Waals surface area contributed by atoms with Crippen molar-refractivity contribution in [2.75, 3.05) is 6.61 Å². The SMILES string of the molecule is CC[C@H]1CC(O)[C@@H](COP(=O)(O)OP(=O)(O)OP(=O)(O)O)O1. The number of hydrogen-bond acceptors (Lipinski definition) is 8. The van der Waals surface area contributed by atoms with Crippen LogP contribution in [0.3, 0.4) is 0 Å². The van der Waals surface area contributed by atoms with Gasteiger partial charge in [-0.15, -0.1) is 0 Å². The van der Waals surface area contributed by atoms with Gasteiger partial charge < -0.3 is 29.4 Å². The zero-order valence-electron chi connectivity index (χ0n) is 11.3. The molecular weight excluding hydrogens is 369 g/mol. The van der Waals surface area contributed by atoms with E-state index in [4.69, 9.17) is 19.4 Å². The summed E-state index contributed by atoms with van der Waals surface area (Å²) in [6.07, 6.45) is -1.28. The number of rotatable bonds is 8. The van der Waals surface area contributed by atoms with E-state index in [1.165, 1.54) is 0 Å². The Morgan fingerprint density at radius 3 is 2.14 bits per heavy atom. The largest absolute Gasteiger partial charge is 0.490 e. The molecular formula is C7H17O12P3. The van der Waals surface area contributed by atoms with Crippen LogP contribution in [0.5, 0.6) is 0 Å². The van der Waals surface area contributed by atoms with Crippen molar-refractivity contribution in [1.82, 2.24) is 0 Å². The zero-order chi connectivity index (χ0) is 17.2. The molecule has 1 aliphatic heterocycles. The summed E-state index contributed by atoms with van der Waals surface area (Å²) in [5.74, 6) is 0. The first-order valence-electron chi connectivity index (χ1n) is 5.95. The van der Waals surface area contributed by atoms with Crippen molar-refractivity contribution in [1.29, 1.82) is 0 Å². The molecule has 15 heteroatoms. The smallest absolute Gasteiger partial charge is 0.390 e. The number of aliphatic hydroxyl groups excluding tert-OH is 1. The van der Waals surface area contributed by atoms with Crippen molar-refractivity contribution in [2.45, 2.75) is 38.1 Å². The van der Waals surface area contributed by atoms with Gasteiger partial charge in [0.15, 0.2) is 0 Å². The fourth-order valence-corrected chi connectivity index (χ4v) is 4.73. The minimum Gasteiger partial charge on any atom is -0.390 e. The number of hydrogen-bond donors (Lipinski definition) is 5. The summed E-state index contributed by atoms with van der Waals surface area (Å²) >= 11 is 0. The van der Waals surface area contributed by atoms with Gasteiger partial charge in [-0.1, -0.05) is 6.92 Å². The van der Waals surface area contributed by atoms with E-state index in [1.807, 2.05) is 6.92 Å². The normalized spacial score (nSPS) is 31.6. The van der Waals surface area contributed by atoms with E-state index in [0.29, 0.717) is 12.8 Å². The molecule has 1 heterocycles. The number of aliphatic hydroxyl groups is 1. The van der Waals surface area contributed by atoms with Crippen LogP contribution in [0.15, 0.2) is 0 Å². The van der Waals surface area contributed by atoms with Crippen LogP contribution in [0.4, 0.5) is 0 Å². The number of phosphoric ester groups is 1. The third-order valence-corrected chi connectivity index (χ3v) is 6.38. The average molecular weight is 386 g/mol. The fraction of sp³-hybridized carbons (Fsp3) is 1.00. The maximum atomic E-state index is 11.4. The van der Waals surface area contributed by atoms with Crippen molar-refractivity contribution in [3.8, 4) is 0 Å². The summed E-state index contributed by atoms with van der Waals surface area (Å²) in [6.45, 7) is 1.17. The van der Waals surface area contributed by atoms with Gasteiger partial charge in [0.25, 0.3) is 0 Å². The molecule has 132 valence electrons. The molecule has 1 rings (SSSR count). The Morgan fingerprint density at radius 2 is 1.68 bits per heavy atom. The first-order valence-corrected chi connectivity index (χ1v) is 10.5. The van der Waals surface area contributed by atoms with Gasteiger partial charge in [-0.25, -0.2) is 13.7 Å². The van der Waals surface area contributed by atoms with E-state index in [0.717, 1.165) is 0 Å². The number of phosphoric acid groups is 3. The third kappa shape index (κ3) is 7.27. The molecule has 0 aromatic carbocycles. The molecule has 1 saturated heterocycles. The second-order valence-corrected chi connectivity index (χ2v) is 8.81. The van der Waals surface area contributed by atoms with Crippen LogP contribution in [-0.4, -0.2) is 49.6 Å². The Labute approximate surface area is 125 Å². The molecule has 0 aliphatic carbocycles. The molecule has 0 aromatic rings. The van der Waals surface area contributed by atoms with E-state index in [1.54, 1.807) is 0 Å². The van der Waals surface area contributed by atoms with Crippen LogP contribution < -0.4 is 0 Å². The highest BCUT2D eigenvalue weighted by atomic mass is 31.3.